The second-order valence-electron chi connectivity index (χ2n) is 6.03. The van der Waals surface area contributed by atoms with E-state index in [1.807, 2.05) is 25.1 Å². The standard InChI is InChI=1S/C17H19ClN4O2/c1-11(14-5-3-4-6-15(14)18)20-17(24)12-7-16(23)22(9-12)13-8-19-21(2)10-13/h3-6,8,10-12H,7,9H2,1-2H3,(H,20,24). The van der Waals surface area contributed by atoms with Crippen LogP contribution in [0.3, 0.4) is 0 Å². The summed E-state index contributed by atoms with van der Waals surface area (Å²) in [4.78, 5) is 26.3. The Labute approximate surface area is 145 Å². The number of hydrogen-bond donors (Lipinski definition) is 1. The minimum atomic E-state index is -0.373. The Morgan fingerprint density at radius 2 is 2.17 bits per heavy atom. The van der Waals surface area contributed by atoms with E-state index in [2.05, 4.69) is 10.4 Å². The van der Waals surface area contributed by atoms with Crippen molar-refractivity contribution in [3.63, 3.8) is 0 Å². The molecule has 2 amide bonds. The Balaban J connectivity index is 1.66. The zero-order valence-corrected chi connectivity index (χ0v) is 14.3. The molecule has 0 saturated carbocycles. The largest absolute Gasteiger partial charge is 0.349 e. The molecule has 1 aliphatic heterocycles. The molecule has 0 bridgehead atoms. The molecule has 24 heavy (non-hydrogen) atoms. The first kappa shape index (κ1) is 16.5. The van der Waals surface area contributed by atoms with Gasteiger partial charge in [-0.2, -0.15) is 5.10 Å². The van der Waals surface area contributed by atoms with E-state index in [4.69, 9.17) is 11.6 Å². The Kier molecular flexibility index (Phi) is 4.57. The highest BCUT2D eigenvalue weighted by molar-refractivity contribution is 6.31. The summed E-state index contributed by atoms with van der Waals surface area (Å²) >= 11 is 6.17. The Bertz CT molecular complexity index is 773. The van der Waals surface area contributed by atoms with Gasteiger partial charge in [-0.3, -0.25) is 14.3 Å². The smallest absolute Gasteiger partial charge is 0.227 e. The van der Waals surface area contributed by atoms with E-state index in [9.17, 15) is 9.59 Å². The van der Waals surface area contributed by atoms with Crippen molar-refractivity contribution in [1.82, 2.24) is 15.1 Å². The van der Waals surface area contributed by atoms with Gasteiger partial charge >= 0.3 is 0 Å². The molecule has 1 aromatic carbocycles. The van der Waals surface area contributed by atoms with E-state index < -0.39 is 0 Å². The molecule has 1 fully saturated rings. The molecule has 2 unspecified atom stereocenters. The van der Waals surface area contributed by atoms with E-state index in [1.54, 1.807) is 35.1 Å². The van der Waals surface area contributed by atoms with Gasteiger partial charge in [0.1, 0.15) is 0 Å². The number of carbonyl (C=O) groups is 2. The fourth-order valence-corrected chi connectivity index (χ4v) is 3.22. The van der Waals surface area contributed by atoms with E-state index >= 15 is 0 Å². The van der Waals surface area contributed by atoms with Crippen LogP contribution in [0.25, 0.3) is 0 Å². The molecule has 6 nitrogen and oxygen atoms in total. The van der Waals surface area contributed by atoms with Crippen LogP contribution >= 0.6 is 11.6 Å². The fourth-order valence-electron chi connectivity index (χ4n) is 2.92. The van der Waals surface area contributed by atoms with Gasteiger partial charge in [0.2, 0.25) is 11.8 Å². The number of rotatable bonds is 4. The number of nitrogens with zero attached hydrogens (tertiary/aromatic N) is 3. The SMILES string of the molecule is CC(NC(=O)C1CC(=O)N(c2cnn(C)c2)C1)c1ccccc1Cl. The van der Waals surface area contributed by atoms with Crippen LogP contribution in [0.15, 0.2) is 36.7 Å². The van der Waals surface area contributed by atoms with Crippen LogP contribution in [0, 0.1) is 5.92 Å². The van der Waals surface area contributed by atoms with Gasteiger partial charge in [-0.05, 0) is 18.6 Å². The molecule has 1 aromatic heterocycles. The maximum atomic E-state index is 12.5. The average Bonchev–Trinajstić information content (AvgIpc) is 3.13. The highest BCUT2D eigenvalue weighted by Gasteiger charge is 2.36. The van der Waals surface area contributed by atoms with Crippen molar-refractivity contribution >= 4 is 29.1 Å². The van der Waals surface area contributed by atoms with Crippen LogP contribution in [0.1, 0.15) is 24.9 Å². The number of anilines is 1. The lowest BCUT2D eigenvalue weighted by atomic mass is 10.0. The molecular weight excluding hydrogens is 328 g/mol. The Morgan fingerprint density at radius 3 is 2.83 bits per heavy atom. The van der Waals surface area contributed by atoms with E-state index in [0.29, 0.717) is 11.6 Å². The third-order valence-electron chi connectivity index (χ3n) is 4.23. The predicted molar refractivity (Wildman–Crippen MR) is 91.7 cm³/mol. The predicted octanol–water partition coefficient (Wildman–Crippen LogP) is 2.30. The van der Waals surface area contributed by atoms with E-state index in [0.717, 1.165) is 11.3 Å². The fraction of sp³-hybridized carbons (Fsp3) is 0.353. The van der Waals surface area contributed by atoms with Crippen molar-refractivity contribution < 1.29 is 9.59 Å². The summed E-state index contributed by atoms with van der Waals surface area (Å²) in [5, 5.41) is 7.64. The Morgan fingerprint density at radius 1 is 1.42 bits per heavy atom. The summed E-state index contributed by atoms with van der Waals surface area (Å²) in [5.41, 5.74) is 1.58. The monoisotopic (exact) mass is 346 g/mol. The summed E-state index contributed by atoms with van der Waals surface area (Å²) in [5.74, 6) is -0.571. The number of aryl methyl sites for hydroxylation is 1. The summed E-state index contributed by atoms with van der Waals surface area (Å²) in [6.45, 7) is 2.25. The molecule has 0 aliphatic carbocycles. The highest BCUT2D eigenvalue weighted by Crippen LogP contribution is 2.26. The van der Waals surface area contributed by atoms with Crippen molar-refractivity contribution in [3.8, 4) is 0 Å². The van der Waals surface area contributed by atoms with Gasteiger partial charge in [0.25, 0.3) is 0 Å². The van der Waals surface area contributed by atoms with Crippen LogP contribution in [0.5, 0.6) is 0 Å². The first-order valence-electron chi connectivity index (χ1n) is 7.79. The van der Waals surface area contributed by atoms with Crippen LogP contribution in [-0.2, 0) is 16.6 Å². The summed E-state index contributed by atoms with van der Waals surface area (Å²) in [6, 6.07) is 7.20. The molecule has 7 heteroatoms. The zero-order chi connectivity index (χ0) is 17.3. The summed E-state index contributed by atoms with van der Waals surface area (Å²) in [7, 11) is 1.79. The molecule has 1 saturated heterocycles. The van der Waals surface area contributed by atoms with Crippen LogP contribution in [-0.4, -0.2) is 28.1 Å². The highest BCUT2D eigenvalue weighted by atomic mass is 35.5. The maximum Gasteiger partial charge on any atom is 0.227 e. The van der Waals surface area contributed by atoms with E-state index in [-0.39, 0.29) is 30.2 Å². The minimum absolute atomic E-state index is 0.0615. The van der Waals surface area contributed by atoms with Crippen LogP contribution < -0.4 is 10.2 Å². The number of halogens is 1. The maximum absolute atomic E-state index is 12.5. The van der Waals surface area contributed by atoms with Gasteiger partial charge < -0.3 is 10.2 Å². The normalized spacial score (nSPS) is 18.7. The van der Waals surface area contributed by atoms with Crippen LogP contribution in [0.2, 0.25) is 5.02 Å². The van der Waals surface area contributed by atoms with Gasteiger partial charge in [0.05, 0.1) is 23.8 Å². The van der Waals surface area contributed by atoms with Crippen LogP contribution in [0.4, 0.5) is 5.69 Å². The van der Waals surface area contributed by atoms with E-state index in [1.165, 1.54) is 0 Å². The first-order chi connectivity index (χ1) is 11.5. The molecule has 2 aromatic rings. The molecular formula is C17H19ClN4O2. The molecule has 126 valence electrons. The number of amides is 2. The number of nitrogens with one attached hydrogen (secondary N) is 1. The topological polar surface area (TPSA) is 67.2 Å². The minimum Gasteiger partial charge on any atom is -0.349 e. The number of benzene rings is 1. The summed E-state index contributed by atoms with van der Waals surface area (Å²) in [6.07, 6.45) is 3.60. The van der Waals surface area contributed by atoms with Crippen molar-refractivity contribution in [3.05, 3.63) is 47.2 Å². The van der Waals surface area contributed by atoms with Crippen molar-refractivity contribution in [2.45, 2.75) is 19.4 Å². The molecule has 2 atom stereocenters. The molecule has 3 rings (SSSR count). The first-order valence-corrected chi connectivity index (χ1v) is 8.17. The average molecular weight is 347 g/mol. The number of carbonyl (C=O) groups excluding carboxylic acids is 2. The lowest BCUT2D eigenvalue weighted by molar-refractivity contribution is -0.126. The number of aromatic nitrogens is 2. The Hall–Kier alpha value is -2.34. The second kappa shape index (κ2) is 6.65. The van der Waals surface area contributed by atoms with Gasteiger partial charge in [-0.25, -0.2) is 0 Å². The van der Waals surface area contributed by atoms with Gasteiger partial charge in [-0.15, -0.1) is 0 Å². The van der Waals surface area contributed by atoms with Gasteiger partial charge in [0, 0.05) is 31.2 Å². The molecule has 1 aliphatic rings. The molecule has 0 radical (unpaired) electrons. The quantitative estimate of drug-likeness (QED) is 0.923. The summed E-state index contributed by atoms with van der Waals surface area (Å²) < 4.78 is 1.63. The zero-order valence-electron chi connectivity index (χ0n) is 13.6. The third-order valence-corrected chi connectivity index (χ3v) is 4.57. The molecule has 2 heterocycles. The second-order valence-corrected chi connectivity index (χ2v) is 6.44. The third kappa shape index (κ3) is 3.28. The number of hydrogen-bond acceptors (Lipinski definition) is 3. The lowest BCUT2D eigenvalue weighted by Crippen LogP contribution is -2.34. The van der Waals surface area contributed by atoms with Gasteiger partial charge in [0.15, 0.2) is 0 Å². The van der Waals surface area contributed by atoms with Gasteiger partial charge in [-0.1, -0.05) is 29.8 Å². The lowest BCUT2D eigenvalue weighted by Gasteiger charge is -2.18. The molecule has 1 N–H and O–H groups in total. The molecule has 0 spiro atoms. The van der Waals surface area contributed by atoms with Crippen molar-refractivity contribution in [2.24, 2.45) is 13.0 Å². The van der Waals surface area contributed by atoms with Crippen molar-refractivity contribution in [2.75, 3.05) is 11.4 Å². The van der Waals surface area contributed by atoms with Crippen molar-refractivity contribution in [1.29, 1.82) is 0 Å².